The molecule has 0 unspecified atom stereocenters. The van der Waals surface area contributed by atoms with Gasteiger partial charge in [-0.15, -0.1) is 12.4 Å². The molecule has 0 bridgehead atoms. The Balaban J connectivity index is 0.000000192. The zero-order chi connectivity index (χ0) is 33.1. The van der Waals surface area contributed by atoms with E-state index in [0.29, 0.717) is 51.6 Å². The minimum absolute atomic E-state index is 0. The van der Waals surface area contributed by atoms with Crippen molar-refractivity contribution in [3.63, 3.8) is 0 Å². The second kappa shape index (κ2) is 15.8. The number of carbonyl (C=O) groups is 2. The van der Waals surface area contributed by atoms with Crippen molar-refractivity contribution in [3.05, 3.63) is 116 Å². The van der Waals surface area contributed by atoms with Crippen molar-refractivity contribution in [1.82, 2.24) is 30.1 Å². The molecule has 4 heterocycles. The topological polar surface area (TPSA) is 104 Å². The summed E-state index contributed by atoms with van der Waals surface area (Å²) in [4.78, 5) is 43.0. The third kappa shape index (κ3) is 7.54. The van der Waals surface area contributed by atoms with Gasteiger partial charge in [-0.25, -0.2) is 19.7 Å². The summed E-state index contributed by atoms with van der Waals surface area (Å²) in [5, 5.41) is 5.10. The van der Waals surface area contributed by atoms with Gasteiger partial charge in [-0.2, -0.15) is 0 Å². The highest BCUT2D eigenvalue weighted by Gasteiger charge is 2.44. The molecule has 0 spiro atoms. The highest BCUT2D eigenvalue weighted by molar-refractivity contribution is 6.42. The zero-order valence-corrected chi connectivity index (χ0v) is 29.4. The third-order valence-corrected chi connectivity index (χ3v) is 9.70. The Hall–Kier alpha value is -3.51. The van der Waals surface area contributed by atoms with Crippen LogP contribution < -0.4 is 10.2 Å². The number of anilines is 1. The van der Waals surface area contributed by atoms with Gasteiger partial charge in [0.2, 0.25) is 6.23 Å². The van der Waals surface area contributed by atoms with E-state index >= 15 is 0 Å². The predicted octanol–water partition coefficient (Wildman–Crippen LogP) is 7.17. The summed E-state index contributed by atoms with van der Waals surface area (Å²) in [7, 11) is 4.03. The van der Waals surface area contributed by atoms with E-state index in [1.807, 2.05) is 26.2 Å². The molecule has 1 saturated heterocycles. The second-order valence-electron chi connectivity index (χ2n) is 11.6. The number of likely N-dealkylation sites (N-methyl/N-ethyl adjacent to an activating group) is 1. The molecule has 0 radical (unpaired) electrons. The van der Waals surface area contributed by atoms with Crippen molar-refractivity contribution in [2.45, 2.75) is 31.0 Å². The van der Waals surface area contributed by atoms with Gasteiger partial charge in [0.1, 0.15) is 11.5 Å². The Morgan fingerprint density at radius 3 is 2.31 bits per heavy atom. The largest absolute Gasteiger partial charge is 0.419 e. The maximum atomic E-state index is 12.8. The van der Waals surface area contributed by atoms with Crippen molar-refractivity contribution in [3.8, 4) is 0 Å². The molecular formula is C34H35Cl4N7O3. The molecule has 48 heavy (non-hydrogen) atoms. The number of fused-ring (bicyclic) bond motifs is 2. The monoisotopic (exact) mass is 729 g/mol. The first-order valence-corrected chi connectivity index (χ1v) is 16.5. The molecule has 252 valence electrons. The fourth-order valence-electron chi connectivity index (χ4n) is 6.20. The first-order valence-electron chi connectivity index (χ1n) is 15.4. The zero-order valence-electron chi connectivity index (χ0n) is 26.4. The smallest absolute Gasteiger partial charge is 0.412 e. The molecular weight excluding hydrogens is 696 g/mol. The van der Waals surface area contributed by atoms with Gasteiger partial charge in [0.05, 0.1) is 15.1 Å². The number of ether oxygens (including phenoxy) is 1. The number of amides is 2. The predicted molar refractivity (Wildman–Crippen MR) is 189 cm³/mol. The minimum Gasteiger partial charge on any atom is -0.419 e. The van der Waals surface area contributed by atoms with Crippen LogP contribution in [0.4, 0.5) is 10.6 Å². The van der Waals surface area contributed by atoms with Gasteiger partial charge in [-0.1, -0.05) is 65.1 Å². The van der Waals surface area contributed by atoms with E-state index in [-0.39, 0.29) is 18.1 Å². The molecule has 4 aromatic rings. The highest BCUT2D eigenvalue weighted by Crippen LogP contribution is 2.42. The minimum atomic E-state index is -1.03. The summed E-state index contributed by atoms with van der Waals surface area (Å²) in [6, 6.07) is 18.3. The lowest BCUT2D eigenvalue weighted by Crippen LogP contribution is -2.48. The molecule has 0 saturated carbocycles. The molecule has 2 aromatic heterocycles. The summed E-state index contributed by atoms with van der Waals surface area (Å²) in [5.74, 6) is 0.287. The van der Waals surface area contributed by atoms with Crippen LogP contribution >= 0.6 is 47.2 Å². The maximum Gasteiger partial charge on any atom is 0.412 e. The molecule has 3 aliphatic rings. The lowest BCUT2D eigenvalue weighted by molar-refractivity contribution is 0.0476. The van der Waals surface area contributed by atoms with Gasteiger partial charge in [-0.05, 0) is 67.9 Å². The molecule has 14 heteroatoms. The van der Waals surface area contributed by atoms with Crippen molar-refractivity contribution in [2.24, 2.45) is 0 Å². The maximum absolute atomic E-state index is 12.8. The number of rotatable bonds is 4. The first kappa shape index (κ1) is 35.8. The van der Waals surface area contributed by atoms with Crippen molar-refractivity contribution in [2.75, 3.05) is 45.2 Å². The summed E-state index contributed by atoms with van der Waals surface area (Å²) in [5.41, 5.74) is 4.49. The Bertz CT molecular complexity index is 1760. The number of piperazine rings is 1. The summed E-state index contributed by atoms with van der Waals surface area (Å²) < 4.78 is 5.68. The van der Waals surface area contributed by atoms with E-state index in [4.69, 9.17) is 39.5 Å². The van der Waals surface area contributed by atoms with E-state index < -0.39 is 18.2 Å². The molecule has 2 amide bonds. The normalized spacial score (nSPS) is 20.2. The van der Waals surface area contributed by atoms with Gasteiger partial charge >= 0.3 is 6.09 Å². The van der Waals surface area contributed by atoms with Crippen molar-refractivity contribution in [1.29, 1.82) is 0 Å². The van der Waals surface area contributed by atoms with E-state index in [1.54, 1.807) is 17.0 Å². The average Bonchev–Trinajstić information content (AvgIpc) is 3.37. The van der Waals surface area contributed by atoms with Crippen molar-refractivity contribution < 1.29 is 14.3 Å². The van der Waals surface area contributed by atoms with Gasteiger partial charge in [0, 0.05) is 56.7 Å². The van der Waals surface area contributed by atoms with Crippen LogP contribution in [0.3, 0.4) is 0 Å². The molecule has 3 atom stereocenters. The van der Waals surface area contributed by atoms with Crippen molar-refractivity contribution >= 4 is 65.0 Å². The Morgan fingerprint density at radius 2 is 1.62 bits per heavy atom. The van der Waals surface area contributed by atoms with Crippen LogP contribution in [0.2, 0.25) is 15.1 Å². The summed E-state index contributed by atoms with van der Waals surface area (Å²) >= 11 is 18.1. The van der Waals surface area contributed by atoms with Crippen LogP contribution in [0.5, 0.6) is 0 Å². The van der Waals surface area contributed by atoms with Crippen LogP contribution in [-0.2, 0) is 4.74 Å². The number of carbonyl (C=O) groups excluding carboxylic acids is 2. The fourth-order valence-corrected chi connectivity index (χ4v) is 6.62. The Labute approximate surface area is 300 Å². The SMILES string of the molecule is CN1CCN(C(=O)O[C@H]2c3nccnc3C(=O)N2c2ccc(Cl)cn2)CC1.CN[C@H]1CC[C@@H](c2ccc(Cl)c(Cl)c2)c2ccccc21.Cl. The van der Waals surface area contributed by atoms with Crippen LogP contribution in [0.1, 0.15) is 63.9 Å². The second-order valence-corrected chi connectivity index (χ2v) is 12.9. The van der Waals surface area contributed by atoms with Crippen LogP contribution in [0.25, 0.3) is 0 Å². The number of nitrogens with zero attached hydrogens (tertiary/aromatic N) is 6. The van der Waals surface area contributed by atoms with E-state index in [9.17, 15) is 9.59 Å². The highest BCUT2D eigenvalue weighted by atomic mass is 35.5. The molecule has 1 aliphatic carbocycles. The fraction of sp³-hybridized carbons (Fsp3) is 0.324. The standard InChI is InChI=1S/C17H17Cl2N.C17H17ClN6O3.ClH/c1-20-17-9-7-12(13-4-2-3-5-14(13)17)11-6-8-15(18)16(19)10-11;1-22-6-8-23(9-7-22)17(26)27-16-14-13(19-4-5-20-14)15(25)24(16)12-3-2-11(18)10-21-12;/h2-6,8,10,12,17,20H,7,9H2,1H3;2-5,10,16H,6-9H2,1H3;1H/t12-,17-;16-;/m00./s1. The molecule has 7 rings (SSSR count). The quantitative estimate of drug-likeness (QED) is 0.236. The summed E-state index contributed by atoms with van der Waals surface area (Å²) in [6.07, 6.45) is 5.04. The average molecular weight is 732 g/mol. The van der Waals surface area contributed by atoms with Crippen LogP contribution in [0.15, 0.2) is 73.2 Å². The van der Waals surface area contributed by atoms with Gasteiger partial charge < -0.3 is 19.9 Å². The van der Waals surface area contributed by atoms with Gasteiger partial charge in [0.15, 0.2) is 5.69 Å². The molecule has 1 N–H and O–H groups in total. The van der Waals surface area contributed by atoms with E-state index in [1.165, 1.54) is 40.2 Å². The lowest BCUT2D eigenvalue weighted by atomic mass is 9.77. The lowest BCUT2D eigenvalue weighted by Gasteiger charge is -2.33. The van der Waals surface area contributed by atoms with Crippen LogP contribution in [-0.4, -0.2) is 77.0 Å². The Morgan fingerprint density at radius 1 is 0.896 bits per heavy atom. The number of aromatic nitrogens is 3. The molecule has 2 aromatic carbocycles. The molecule has 10 nitrogen and oxygen atoms in total. The van der Waals surface area contributed by atoms with Gasteiger partial charge in [-0.3, -0.25) is 9.78 Å². The number of pyridine rings is 1. The number of nitrogens with one attached hydrogen (secondary N) is 1. The van der Waals surface area contributed by atoms with E-state index in [2.05, 4.69) is 55.5 Å². The number of benzene rings is 2. The van der Waals surface area contributed by atoms with E-state index in [0.717, 1.165) is 25.9 Å². The number of hydrogen-bond acceptors (Lipinski definition) is 8. The summed E-state index contributed by atoms with van der Waals surface area (Å²) in [6.45, 7) is 2.64. The third-order valence-electron chi connectivity index (χ3n) is 8.73. The molecule has 2 aliphatic heterocycles. The first-order chi connectivity index (χ1) is 22.7. The number of halogens is 4. The van der Waals surface area contributed by atoms with Gasteiger partial charge in [0.25, 0.3) is 5.91 Å². The molecule has 1 fully saturated rings. The Kier molecular flexibility index (Phi) is 11.8. The number of hydrogen-bond donors (Lipinski definition) is 1. The van der Waals surface area contributed by atoms with Crippen LogP contribution in [0, 0.1) is 0 Å².